The van der Waals surface area contributed by atoms with Crippen LogP contribution in [0, 0.1) is 5.92 Å². The van der Waals surface area contributed by atoms with Gasteiger partial charge in [-0.2, -0.15) is 0 Å². The van der Waals surface area contributed by atoms with Crippen molar-refractivity contribution in [2.24, 2.45) is 5.92 Å². The van der Waals surface area contributed by atoms with Gasteiger partial charge >= 0.3 is 0 Å². The summed E-state index contributed by atoms with van der Waals surface area (Å²) in [6.07, 6.45) is 7.36. The highest BCUT2D eigenvalue weighted by atomic mass is 35.5. The van der Waals surface area contributed by atoms with Gasteiger partial charge in [-0.15, -0.1) is 12.4 Å². The fourth-order valence-corrected chi connectivity index (χ4v) is 3.40. The molecule has 1 heterocycles. The lowest BCUT2D eigenvalue weighted by Crippen LogP contribution is -2.44. The number of halogens is 1. The minimum absolute atomic E-state index is 0. The number of piperidine rings is 1. The first kappa shape index (κ1) is 17.7. The minimum atomic E-state index is 0. The predicted molar refractivity (Wildman–Crippen MR) is 85.3 cm³/mol. The zero-order valence-corrected chi connectivity index (χ0v) is 13.7. The van der Waals surface area contributed by atoms with Crippen LogP contribution in [0.3, 0.4) is 0 Å². The number of nitrogens with one attached hydrogen (secondary N) is 2. The van der Waals surface area contributed by atoms with Crippen molar-refractivity contribution in [3.8, 4) is 0 Å². The maximum Gasteiger partial charge on any atom is 0.223 e. The third-order valence-electron chi connectivity index (χ3n) is 4.71. The van der Waals surface area contributed by atoms with Gasteiger partial charge in [-0.3, -0.25) is 4.79 Å². The van der Waals surface area contributed by atoms with Crippen LogP contribution in [0.2, 0.25) is 0 Å². The maximum atomic E-state index is 12.1. The Balaban J connectivity index is 0.00000200. The van der Waals surface area contributed by atoms with Crippen molar-refractivity contribution < 1.29 is 4.79 Å². The van der Waals surface area contributed by atoms with Gasteiger partial charge in [0.25, 0.3) is 0 Å². The van der Waals surface area contributed by atoms with Gasteiger partial charge in [-0.1, -0.05) is 12.8 Å². The molecule has 0 aromatic rings. The first-order valence-corrected chi connectivity index (χ1v) is 7.88. The second kappa shape index (κ2) is 8.85. The summed E-state index contributed by atoms with van der Waals surface area (Å²) in [5.74, 6) is 0.473. The van der Waals surface area contributed by atoms with E-state index in [1.807, 2.05) is 0 Å². The van der Waals surface area contributed by atoms with E-state index in [2.05, 4.69) is 29.5 Å². The molecule has 1 aliphatic heterocycles. The molecule has 5 heteroatoms. The standard InChI is InChI=1S/C15H29N3O.ClH/c1-12-11-13(7-8-16-12)15(19)17-9-10-18(2)14-5-3-4-6-14;/h12-14,16H,3-11H2,1-2H3,(H,17,19);1H/t12-,13-;/m0./s1. The van der Waals surface area contributed by atoms with Gasteiger partial charge in [0.1, 0.15) is 0 Å². The normalized spacial score (nSPS) is 27.4. The van der Waals surface area contributed by atoms with E-state index in [9.17, 15) is 4.79 Å². The Bertz CT molecular complexity index is 295. The van der Waals surface area contributed by atoms with E-state index in [-0.39, 0.29) is 24.2 Å². The summed E-state index contributed by atoms with van der Waals surface area (Å²) in [6, 6.07) is 1.22. The van der Waals surface area contributed by atoms with E-state index < -0.39 is 0 Å². The van der Waals surface area contributed by atoms with E-state index >= 15 is 0 Å². The number of amides is 1. The molecule has 2 aliphatic rings. The molecule has 2 fully saturated rings. The average molecular weight is 304 g/mol. The number of hydrogen-bond acceptors (Lipinski definition) is 3. The fraction of sp³-hybridized carbons (Fsp3) is 0.933. The highest BCUT2D eigenvalue weighted by Gasteiger charge is 2.24. The Morgan fingerprint density at radius 3 is 2.65 bits per heavy atom. The predicted octanol–water partition coefficient (Wildman–Crippen LogP) is 1.79. The smallest absolute Gasteiger partial charge is 0.223 e. The van der Waals surface area contributed by atoms with E-state index in [0.717, 1.165) is 38.5 Å². The SMILES string of the molecule is C[C@H]1C[C@@H](C(=O)NCCN(C)C2CCCC2)CCN1.Cl. The molecule has 1 saturated carbocycles. The molecule has 0 radical (unpaired) electrons. The van der Waals surface area contributed by atoms with Gasteiger partial charge in [0.05, 0.1) is 0 Å². The molecule has 2 atom stereocenters. The number of hydrogen-bond donors (Lipinski definition) is 2. The molecule has 2 rings (SSSR count). The summed E-state index contributed by atoms with van der Waals surface area (Å²) in [6.45, 7) is 4.91. The topological polar surface area (TPSA) is 44.4 Å². The summed E-state index contributed by atoms with van der Waals surface area (Å²) >= 11 is 0. The van der Waals surface area contributed by atoms with Gasteiger partial charge in [-0.05, 0) is 46.2 Å². The summed E-state index contributed by atoms with van der Waals surface area (Å²) in [5.41, 5.74) is 0. The number of carbonyl (C=O) groups is 1. The molecule has 1 amide bonds. The Kier molecular flexibility index (Phi) is 7.85. The second-order valence-corrected chi connectivity index (χ2v) is 6.29. The molecule has 0 aromatic heterocycles. The first-order valence-electron chi connectivity index (χ1n) is 7.88. The molecule has 0 aromatic carbocycles. The molecule has 20 heavy (non-hydrogen) atoms. The molecular formula is C15H30ClN3O. The Morgan fingerprint density at radius 1 is 1.30 bits per heavy atom. The lowest BCUT2D eigenvalue weighted by Gasteiger charge is -2.28. The fourth-order valence-electron chi connectivity index (χ4n) is 3.40. The minimum Gasteiger partial charge on any atom is -0.355 e. The molecule has 4 nitrogen and oxygen atoms in total. The number of likely N-dealkylation sites (N-methyl/N-ethyl adjacent to an activating group) is 1. The second-order valence-electron chi connectivity index (χ2n) is 6.29. The van der Waals surface area contributed by atoms with Crippen molar-refractivity contribution in [1.29, 1.82) is 0 Å². The molecule has 118 valence electrons. The van der Waals surface area contributed by atoms with E-state index in [1.54, 1.807) is 0 Å². The van der Waals surface area contributed by atoms with Crippen LogP contribution in [0.15, 0.2) is 0 Å². The van der Waals surface area contributed by atoms with Crippen LogP contribution in [0.4, 0.5) is 0 Å². The Labute approximate surface area is 129 Å². The molecule has 1 aliphatic carbocycles. The Hall–Kier alpha value is -0.320. The van der Waals surface area contributed by atoms with Crippen LogP contribution >= 0.6 is 12.4 Å². The van der Waals surface area contributed by atoms with E-state index in [1.165, 1.54) is 25.7 Å². The zero-order valence-electron chi connectivity index (χ0n) is 12.9. The summed E-state index contributed by atoms with van der Waals surface area (Å²) < 4.78 is 0. The number of carbonyl (C=O) groups excluding carboxylic acids is 1. The van der Waals surface area contributed by atoms with Crippen molar-refractivity contribution in [3.63, 3.8) is 0 Å². The average Bonchev–Trinajstić information content (AvgIpc) is 2.92. The highest BCUT2D eigenvalue weighted by Crippen LogP contribution is 2.22. The van der Waals surface area contributed by atoms with Gasteiger partial charge in [0, 0.05) is 31.1 Å². The monoisotopic (exact) mass is 303 g/mol. The van der Waals surface area contributed by atoms with E-state index in [0.29, 0.717) is 6.04 Å². The van der Waals surface area contributed by atoms with Crippen molar-refractivity contribution >= 4 is 18.3 Å². The summed E-state index contributed by atoms with van der Waals surface area (Å²) in [5, 5.41) is 6.51. The van der Waals surface area contributed by atoms with Crippen LogP contribution in [0.5, 0.6) is 0 Å². The lowest BCUT2D eigenvalue weighted by molar-refractivity contribution is -0.126. The quantitative estimate of drug-likeness (QED) is 0.814. The third kappa shape index (κ3) is 5.23. The maximum absolute atomic E-state index is 12.1. The van der Waals surface area contributed by atoms with Crippen molar-refractivity contribution in [2.45, 2.75) is 57.5 Å². The van der Waals surface area contributed by atoms with Crippen LogP contribution in [-0.2, 0) is 4.79 Å². The number of rotatable bonds is 5. The third-order valence-corrected chi connectivity index (χ3v) is 4.71. The molecule has 0 spiro atoms. The highest BCUT2D eigenvalue weighted by molar-refractivity contribution is 5.85. The first-order chi connectivity index (χ1) is 9.16. The summed E-state index contributed by atoms with van der Waals surface area (Å²) in [7, 11) is 2.19. The number of nitrogens with zero attached hydrogens (tertiary/aromatic N) is 1. The molecule has 0 unspecified atom stereocenters. The molecule has 1 saturated heterocycles. The van der Waals surface area contributed by atoms with E-state index in [4.69, 9.17) is 0 Å². The lowest BCUT2D eigenvalue weighted by atomic mass is 9.92. The van der Waals surface area contributed by atoms with Crippen molar-refractivity contribution in [3.05, 3.63) is 0 Å². The van der Waals surface area contributed by atoms with Gasteiger partial charge in [0.15, 0.2) is 0 Å². The molecule has 0 bridgehead atoms. The Morgan fingerprint density at radius 2 is 2.00 bits per heavy atom. The van der Waals surface area contributed by atoms with Crippen LogP contribution in [0.1, 0.15) is 45.4 Å². The van der Waals surface area contributed by atoms with Gasteiger partial charge in [-0.25, -0.2) is 0 Å². The van der Waals surface area contributed by atoms with Crippen LogP contribution in [0.25, 0.3) is 0 Å². The zero-order chi connectivity index (χ0) is 13.7. The van der Waals surface area contributed by atoms with Gasteiger partial charge in [0.2, 0.25) is 5.91 Å². The largest absolute Gasteiger partial charge is 0.355 e. The summed E-state index contributed by atoms with van der Waals surface area (Å²) in [4.78, 5) is 14.5. The van der Waals surface area contributed by atoms with Crippen molar-refractivity contribution in [1.82, 2.24) is 15.5 Å². The van der Waals surface area contributed by atoms with Crippen LogP contribution < -0.4 is 10.6 Å². The van der Waals surface area contributed by atoms with Crippen molar-refractivity contribution in [2.75, 3.05) is 26.7 Å². The van der Waals surface area contributed by atoms with Gasteiger partial charge < -0.3 is 15.5 Å². The molecule has 2 N–H and O–H groups in total. The van der Waals surface area contributed by atoms with Crippen LogP contribution in [-0.4, -0.2) is 49.6 Å². The molecular weight excluding hydrogens is 274 g/mol.